The first kappa shape index (κ1) is 12.1. The van der Waals surface area contributed by atoms with Crippen LogP contribution in [0.3, 0.4) is 0 Å². The molecule has 0 radical (unpaired) electrons. The van der Waals surface area contributed by atoms with Gasteiger partial charge < -0.3 is 4.90 Å². The van der Waals surface area contributed by atoms with Gasteiger partial charge in [0, 0.05) is 13.1 Å². The molecule has 0 amide bonds. The Kier molecular flexibility index (Phi) is 4.00. The Morgan fingerprint density at radius 2 is 1.88 bits per heavy atom. The van der Waals surface area contributed by atoms with E-state index in [4.69, 9.17) is 0 Å². The van der Waals surface area contributed by atoms with E-state index in [1.807, 2.05) is 0 Å². The highest BCUT2D eigenvalue weighted by atomic mass is 127. The lowest BCUT2D eigenvalue weighted by atomic mass is 10.1. The maximum Gasteiger partial charge on any atom is 0.145 e. The maximum absolute atomic E-state index is 4.45. The summed E-state index contributed by atoms with van der Waals surface area (Å²) in [6, 6.07) is 0. The molecule has 1 aromatic rings. The number of hydrogen-bond donors (Lipinski definition) is 0. The van der Waals surface area contributed by atoms with Gasteiger partial charge in [0.1, 0.15) is 12.1 Å². The summed E-state index contributed by atoms with van der Waals surface area (Å²) in [6.07, 6.45) is 5.64. The second kappa shape index (κ2) is 5.29. The Morgan fingerprint density at radius 3 is 2.50 bits per heavy atom. The molecule has 16 heavy (non-hydrogen) atoms. The second-order valence-corrected chi connectivity index (χ2v) is 5.68. The molecule has 88 valence electrons. The van der Waals surface area contributed by atoms with Crippen molar-refractivity contribution >= 4 is 28.4 Å². The molecule has 1 fully saturated rings. The summed E-state index contributed by atoms with van der Waals surface area (Å²) in [5, 5.41) is 0. The van der Waals surface area contributed by atoms with Crippen LogP contribution in [-0.2, 0) is 0 Å². The monoisotopic (exact) mass is 331 g/mol. The fraction of sp³-hybridized carbons (Fsp3) is 0.667. The zero-order chi connectivity index (χ0) is 11.5. The van der Waals surface area contributed by atoms with Gasteiger partial charge in [0.2, 0.25) is 0 Å². The predicted molar refractivity (Wildman–Crippen MR) is 74.9 cm³/mol. The second-order valence-electron chi connectivity index (χ2n) is 4.60. The van der Waals surface area contributed by atoms with Crippen LogP contribution in [0.4, 0.5) is 5.82 Å². The summed E-state index contributed by atoms with van der Waals surface area (Å²) < 4.78 is 1.23. The molecule has 0 saturated carbocycles. The summed E-state index contributed by atoms with van der Waals surface area (Å²) in [5.74, 6) is 1.61. The van der Waals surface area contributed by atoms with Crippen LogP contribution >= 0.6 is 22.6 Å². The van der Waals surface area contributed by atoms with Crippen LogP contribution in [0, 0.1) is 3.57 Å². The predicted octanol–water partition coefficient (Wildman–Crippen LogP) is 3.19. The maximum atomic E-state index is 4.45. The molecule has 1 aliphatic heterocycles. The number of rotatable bonds is 2. The molecular weight excluding hydrogens is 313 g/mol. The van der Waals surface area contributed by atoms with Gasteiger partial charge in [-0.1, -0.05) is 13.8 Å². The minimum atomic E-state index is 0.471. The van der Waals surface area contributed by atoms with Crippen molar-refractivity contribution in [2.24, 2.45) is 0 Å². The van der Waals surface area contributed by atoms with E-state index in [1.54, 1.807) is 6.33 Å². The van der Waals surface area contributed by atoms with E-state index in [1.165, 1.54) is 28.5 Å². The van der Waals surface area contributed by atoms with Gasteiger partial charge in [-0.3, -0.25) is 0 Å². The largest absolute Gasteiger partial charge is 0.356 e. The van der Waals surface area contributed by atoms with Crippen molar-refractivity contribution in [3.63, 3.8) is 0 Å². The quantitative estimate of drug-likeness (QED) is 0.780. The highest BCUT2D eigenvalue weighted by Gasteiger charge is 2.18. The lowest BCUT2D eigenvalue weighted by Gasteiger charge is -2.29. The zero-order valence-corrected chi connectivity index (χ0v) is 12.1. The van der Waals surface area contributed by atoms with Crippen molar-refractivity contribution in [1.82, 2.24) is 9.97 Å². The van der Waals surface area contributed by atoms with E-state index in [2.05, 4.69) is 51.3 Å². The summed E-state index contributed by atoms with van der Waals surface area (Å²) in [6.45, 7) is 6.66. The lowest BCUT2D eigenvalue weighted by Crippen LogP contribution is -2.31. The van der Waals surface area contributed by atoms with Crippen molar-refractivity contribution < 1.29 is 0 Å². The van der Waals surface area contributed by atoms with Crippen molar-refractivity contribution in [2.45, 2.75) is 39.0 Å². The van der Waals surface area contributed by atoms with E-state index < -0.39 is 0 Å². The molecule has 0 bridgehead atoms. The zero-order valence-electron chi connectivity index (χ0n) is 9.91. The van der Waals surface area contributed by atoms with Gasteiger partial charge in [0.15, 0.2) is 0 Å². The third-order valence-electron chi connectivity index (χ3n) is 3.00. The Labute approximate surface area is 111 Å². The van der Waals surface area contributed by atoms with Crippen LogP contribution in [-0.4, -0.2) is 23.1 Å². The third kappa shape index (κ3) is 2.47. The molecule has 0 aromatic carbocycles. The smallest absolute Gasteiger partial charge is 0.145 e. The summed E-state index contributed by atoms with van der Waals surface area (Å²) >= 11 is 2.39. The lowest BCUT2D eigenvalue weighted by molar-refractivity contribution is 0.571. The number of piperidine rings is 1. The van der Waals surface area contributed by atoms with E-state index in [0.29, 0.717) is 5.92 Å². The molecule has 0 spiro atoms. The van der Waals surface area contributed by atoms with Crippen molar-refractivity contribution in [3.8, 4) is 0 Å². The topological polar surface area (TPSA) is 29.0 Å². The fourth-order valence-electron chi connectivity index (χ4n) is 2.10. The average Bonchev–Trinajstić information content (AvgIpc) is 2.30. The first-order valence-corrected chi connectivity index (χ1v) is 7.03. The van der Waals surface area contributed by atoms with E-state index >= 15 is 0 Å². The summed E-state index contributed by atoms with van der Waals surface area (Å²) in [4.78, 5) is 11.2. The summed E-state index contributed by atoms with van der Waals surface area (Å²) in [7, 11) is 0. The number of aromatic nitrogens is 2. The van der Waals surface area contributed by atoms with Crippen molar-refractivity contribution in [3.05, 3.63) is 15.6 Å². The Bertz CT molecular complexity index is 359. The van der Waals surface area contributed by atoms with Crippen LogP contribution in [0.2, 0.25) is 0 Å². The minimum absolute atomic E-state index is 0.471. The molecule has 0 N–H and O–H groups in total. The number of hydrogen-bond acceptors (Lipinski definition) is 3. The molecule has 2 heterocycles. The van der Waals surface area contributed by atoms with Crippen LogP contribution < -0.4 is 4.90 Å². The van der Waals surface area contributed by atoms with Gasteiger partial charge in [-0.15, -0.1) is 0 Å². The average molecular weight is 331 g/mol. The Balaban J connectivity index is 2.29. The van der Waals surface area contributed by atoms with Crippen LogP contribution in [0.15, 0.2) is 6.33 Å². The van der Waals surface area contributed by atoms with Gasteiger partial charge in [-0.05, 0) is 47.8 Å². The Hall–Kier alpha value is -0.390. The van der Waals surface area contributed by atoms with E-state index in [9.17, 15) is 0 Å². The van der Waals surface area contributed by atoms with Crippen LogP contribution in [0.5, 0.6) is 0 Å². The number of nitrogens with zero attached hydrogens (tertiary/aromatic N) is 3. The molecular formula is C12H18IN3. The number of halogens is 1. The molecule has 1 aromatic heterocycles. The van der Waals surface area contributed by atoms with Gasteiger partial charge in [-0.2, -0.15) is 0 Å². The SMILES string of the molecule is CC(C)c1ncnc(N2CCCCC2)c1I. The van der Waals surface area contributed by atoms with Gasteiger partial charge in [0.25, 0.3) is 0 Å². The molecule has 2 rings (SSSR count). The molecule has 3 nitrogen and oxygen atoms in total. The first-order valence-electron chi connectivity index (χ1n) is 5.95. The standard InChI is InChI=1S/C12H18IN3/c1-9(2)11-10(13)12(15-8-14-11)16-6-4-3-5-7-16/h8-9H,3-7H2,1-2H3. The van der Waals surface area contributed by atoms with E-state index in [0.717, 1.165) is 18.9 Å². The van der Waals surface area contributed by atoms with Crippen LogP contribution in [0.1, 0.15) is 44.7 Å². The van der Waals surface area contributed by atoms with Crippen LogP contribution in [0.25, 0.3) is 0 Å². The molecule has 0 atom stereocenters. The van der Waals surface area contributed by atoms with Gasteiger partial charge >= 0.3 is 0 Å². The molecule has 4 heteroatoms. The molecule has 1 aliphatic rings. The summed E-state index contributed by atoms with van der Waals surface area (Å²) in [5.41, 5.74) is 1.18. The first-order chi connectivity index (χ1) is 7.70. The minimum Gasteiger partial charge on any atom is -0.356 e. The third-order valence-corrected chi connectivity index (χ3v) is 4.04. The van der Waals surface area contributed by atoms with Crippen molar-refractivity contribution in [2.75, 3.05) is 18.0 Å². The molecule has 0 aliphatic carbocycles. The fourth-order valence-corrected chi connectivity index (χ4v) is 3.34. The van der Waals surface area contributed by atoms with Gasteiger partial charge in [-0.25, -0.2) is 9.97 Å². The normalized spacial score (nSPS) is 16.9. The van der Waals surface area contributed by atoms with Crippen molar-refractivity contribution in [1.29, 1.82) is 0 Å². The Morgan fingerprint density at radius 1 is 1.19 bits per heavy atom. The van der Waals surface area contributed by atoms with Gasteiger partial charge in [0.05, 0.1) is 9.26 Å². The molecule has 1 saturated heterocycles. The highest BCUT2D eigenvalue weighted by Crippen LogP contribution is 2.28. The van der Waals surface area contributed by atoms with E-state index in [-0.39, 0.29) is 0 Å². The highest BCUT2D eigenvalue weighted by molar-refractivity contribution is 14.1. The molecule has 0 unspecified atom stereocenters. The number of anilines is 1.